The molecular formula is C15H21NO2S. The van der Waals surface area contributed by atoms with Crippen LogP contribution in [-0.2, 0) is 4.79 Å². The standard InChI is InChI=1S/C15H21NO2S/c1-19-11-10-15(17)16-12-6-8-14(9-7-12)18-13-4-2-3-5-13/h6-9,13H,2-5,10-11H2,1H3,(H,16,17). The molecule has 0 atom stereocenters. The molecule has 0 aliphatic heterocycles. The van der Waals surface area contributed by atoms with Gasteiger partial charge in [0, 0.05) is 17.9 Å². The molecule has 1 aliphatic carbocycles. The van der Waals surface area contributed by atoms with Crippen LogP contribution >= 0.6 is 11.8 Å². The summed E-state index contributed by atoms with van der Waals surface area (Å²) in [5, 5.41) is 2.89. The van der Waals surface area contributed by atoms with Crippen LogP contribution in [0.4, 0.5) is 5.69 Å². The minimum absolute atomic E-state index is 0.0683. The van der Waals surface area contributed by atoms with Crippen LogP contribution in [0, 0.1) is 0 Å². The Hall–Kier alpha value is -1.16. The molecule has 1 fully saturated rings. The summed E-state index contributed by atoms with van der Waals surface area (Å²) in [7, 11) is 0. The first-order chi connectivity index (χ1) is 9.28. The molecule has 0 radical (unpaired) electrons. The molecule has 0 heterocycles. The van der Waals surface area contributed by atoms with Gasteiger partial charge in [0.15, 0.2) is 0 Å². The Balaban J connectivity index is 1.82. The number of anilines is 1. The molecule has 0 unspecified atom stereocenters. The van der Waals surface area contributed by atoms with Crippen LogP contribution in [0.5, 0.6) is 5.75 Å². The van der Waals surface area contributed by atoms with Crippen molar-refractivity contribution in [2.75, 3.05) is 17.3 Å². The van der Waals surface area contributed by atoms with Crippen LogP contribution in [0.2, 0.25) is 0 Å². The predicted octanol–water partition coefficient (Wildman–Crippen LogP) is 3.70. The molecule has 104 valence electrons. The highest BCUT2D eigenvalue weighted by molar-refractivity contribution is 7.98. The number of carbonyl (C=O) groups excluding carboxylic acids is 1. The highest BCUT2D eigenvalue weighted by atomic mass is 32.2. The van der Waals surface area contributed by atoms with Gasteiger partial charge in [-0.15, -0.1) is 0 Å². The molecule has 1 aromatic rings. The number of hydrogen-bond donors (Lipinski definition) is 1. The highest BCUT2D eigenvalue weighted by Gasteiger charge is 2.16. The molecule has 19 heavy (non-hydrogen) atoms. The topological polar surface area (TPSA) is 38.3 Å². The summed E-state index contributed by atoms with van der Waals surface area (Å²) in [4.78, 5) is 11.6. The largest absolute Gasteiger partial charge is 0.490 e. The van der Waals surface area contributed by atoms with Crippen molar-refractivity contribution < 1.29 is 9.53 Å². The lowest BCUT2D eigenvalue weighted by molar-refractivity contribution is -0.115. The van der Waals surface area contributed by atoms with E-state index in [1.54, 1.807) is 11.8 Å². The number of nitrogens with one attached hydrogen (secondary N) is 1. The average molecular weight is 279 g/mol. The van der Waals surface area contributed by atoms with Gasteiger partial charge in [-0.2, -0.15) is 11.8 Å². The molecule has 1 N–H and O–H groups in total. The summed E-state index contributed by atoms with van der Waals surface area (Å²) >= 11 is 1.68. The van der Waals surface area contributed by atoms with Crippen LogP contribution < -0.4 is 10.1 Å². The number of carbonyl (C=O) groups is 1. The van der Waals surface area contributed by atoms with Gasteiger partial charge in [0.05, 0.1) is 6.10 Å². The summed E-state index contributed by atoms with van der Waals surface area (Å²) in [6, 6.07) is 7.67. The van der Waals surface area contributed by atoms with Gasteiger partial charge < -0.3 is 10.1 Å². The van der Waals surface area contributed by atoms with Gasteiger partial charge >= 0.3 is 0 Å². The molecule has 1 aliphatic rings. The summed E-state index contributed by atoms with van der Waals surface area (Å²) in [6.07, 6.45) is 7.80. The fourth-order valence-electron chi connectivity index (χ4n) is 2.23. The predicted molar refractivity (Wildman–Crippen MR) is 81.0 cm³/mol. The smallest absolute Gasteiger partial charge is 0.225 e. The van der Waals surface area contributed by atoms with Crippen molar-refractivity contribution in [3.05, 3.63) is 24.3 Å². The Morgan fingerprint density at radius 3 is 2.63 bits per heavy atom. The van der Waals surface area contributed by atoms with Crippen molar-refractivity contribution in [2.45, 2.75) is 38.2 Å². The van der Waals surface area contributed by atoms with E-state index in [1.165, 1.54) is 12.8 Å². The molecule has 3 nitrogen and oxygen atoms in total. The van der Waals surface area contributed by atoms with Crippen LogP contribution in [0.25, 0.3) is 0 Å². The van der Waals surface area contributed by atoms with Crippen molar-refractivity contribution in [1.29, 1.82) is 0 Å². The number of benzene rings is 1. The third-order valence-electron chi connectivity index (χ3n) is 3.28. The highest BCUT2D eigenvalue weighted by Crippen LogP contribution is 2.25. The zero-order valence-corrected chi connectivity index (χ0v) is 12.2. The van der Waals surface area contributed by atoms with Gasteiger partial charge in [-0.1, -0.05) is 0 Å². The Labute approximate surface area is 119 Å². The number of thioether (sulfide) groups is 1. The van der Waals surface area contributed by atoms with Gasteiger partial charge in [0.1, 0.15) is 5.75 Å². The fraction of sp³-hybridized carbons (Fsp3) is 0.533. The molecule has 0 bridgehead atoms. The van der Waals surface area contributed by atoms with E-state index in [0.717, 1.165) is 30.0 Å². The van der Waals surface area contributed by atoms with Crippen LogP contribution in [0.15, 0.2) is 24.3 Å². The first-order valence-corrected chi connectivity index (χ1v) is 8.23. The number of amides is 1. The van der Waals surface area contributed by atoms with Gasteiger partial charge in [-0.05, 0) is 56.2 Å². The van der Waals surface area contributed by atoms with E-state index in [2.05, 4.69) is 5.32 Å². The second-order valence-electron chi connectivity index (χ2n) is 4.84. The van der Waals surface area contributed by atoms with E-state index in [9.17, 15) is 4.79 Å². The Bertz CT molecular complexity index is 399. The minimum Gasteiger partial charge on any atom is -0.490 e. The molecule has 4 heteroatoms. The van der Waals surface area contributed by atoms with E-state index in [4.69, 9.17) is 4.74 Å². The maximum atomic E-state index is 11.6. The van der Waals surface area contributed by atoms with E-state index in [0.29, 0.717) is 12.5 Å². The molecule has 0 saturated heterocycles. The van der Waals surface area contributed by atoms with E-state index in [1.807, 2.05) is 30.5 Å². The molecule has 0 spiro atoms. The number of ether oxygens (including phenoxy) is 1. The molecule has 1 saturated carbocycles. The quantitative estimate of drug-likeness (QED) is 0.863. The first-order valence-electron chi connectivity index (χ1n) is 6.83. The lowest BCUT2D eigenvalue weighted by atomic mass is 10.2. The summed E-state index contributed by atoms with van der Waals surface area (Å²) < 4.78 is 5.88. The van der Waals surface area contributed by atoms with Crippen molar-refractivity contribution in [1.82, 2.24) is 0 Å². The van der Waals surface area contributed by atoms with Crippen molar-refractivity contribution in [3.8, 4) is 5.75 Å². The molecule has 0 aromatic heterocycles. The Morgan fingerprint density at radius 1 is 1.32 bits per heavy atom. The van der Waals surface area contributed by atoms with Gasteiger partial charge in [0.2, 0.25) is 5.91 Å². The molecular weight excluding hydrogens is 258 g/mol. The van der Waals surface area contributed by atoms with Gasteiger partial charge in [-0.25, -0.2) is 0 Å². The SMILES string of the molecule is CSCCC(=O)Nc1ccc(OC2CCCC2)cc1. The lowest BCUT2D eigenvalue weighted by Crippen LogP contribution is -2.12. The van der Waals surface area contributed by atoms with Crippen molar-refractivity contribution in [2.24, 2.45) is 0 Å². The lowest BCUT2D eigenvalue weighted by Gasteiger charge is -2.13. The second-order valence-corrected chi connectivity index (χ2v) is 5.83. The summed E-state index contributed by atoms with van der Waals surface area (Å²) in [6.45, 7) is 0. The average Bonchev–Trinajstić information content (AvgIpc) is 2.91. The van der Waals surface area contributed by atoms with E-state index < -0.39 is 0 Å². The third-order valence-corrected chi connectivity index (χ3v) is 3.89. The Morgan fingerprint density at radius 2 is 2.00 bits per heavy atom. The van der Waals surface area contributed by atoms with Gasteiger partial charge in [-0.3, -0.25) is 4.79 Å². The zero-order chi connectivity index (χ0) is 13.5. The third kappa shape index (κ3) is 4.78. The fourth-order valence-corrected chi connectivity index (χ4v) is 2.62. The molecule has 1 amide bonds. The zero-order valence-electron chi connectivity index (χ0n) is 11.4. The minimum atomic E-state index is 0.0683. The van der Waals surface area contributed by atoms with E-state index in [-0.39, 0.29) is 5.91 Å². The van der Waals surface area contributed by atoms with Crippen molar-refractivity contribution in [3.63, 3.8) is 0 Å². The maximum absolute atomic E-state index is 11.6. The Kier molecular flexibility index (Phi) is 5.58. The van der Waals surface area contributed by atoms with E-state index >= 15 is 0 Å². The van der Waals surface area contributed by atoms with Crippen LogP contribution in [0.3, 0.4) is 0 Å². The first kappa shape index (κ1) is 14.3. The van der Waals surface area contributed by atoms with Crippen LogP contribution in [-0.4, -0.2) is 24.0 Å². The van der Waals surface area contributed by atoms with Crippen molar-refractivity contribution >= 4 is 23.4 Å². The second kappa shape index (κ2) is 7.43. The van der Waals surface area contributed by atoms with Gasteiger partial charge in [0.25, 0.3) is 0 Å². The van der Waals surface area contributed by atoms with Crippen LogP contribution in [0.1, 0.15) is 32.1 Å². The molecule has 1 aromatic carbocycles. The normalized spacial score (nSPS) is 15.4. The maximum Gasteiger partial charge on any atom is 0.225 e. The number of rotatable bonds is 6. The monoisotopic (exact) mass is 279 g/mol. The summed E-state index contributed by atoms with van der Waals surface area (Å²) in [5.74, 6) is 1.82. The molecule has 2 rings (SSSR count). The summed E-state index contributed by atoms with van der Waals surface area (Å²) in [5.41, 5.74) is 0.838. The number of hydrogen-bond acceptors (Lipinski definition) is 3.